The Balaban J connectivity index is 2.04. The average Bonchev–Trinajstić information content (AvgIpc) is 2.61. The topological polar surface area (TPSA) is 73.9 Å². The fourth-order valence-electron chi connectivity index (χ4n) is 2.09. The van der Waals surface area contributed by atoms with Crippen molar-refractivity contribution >= 4 is 40.8 Å². The van der Waals surface area contributed by atoms with E-state index in [-0.39, 0.29) is 10.6 Å². The van der Waals surface area contributed by atoms with Crippen molar-refractivity contribution in [1.82, 2.24) is 0 Å². The lowest BCUT2D eigenvalue weighted by atomic mass is 10.2. The van der Waals surface area contributed by atoms with Gasteiger partial charge >= 0.3 is 5.97 Å². The van der Waals surface area contributed by atoms with E-state index in [0.29, 0.717) is 22.2 Å². The highest BCUT2D eigenvalue weighted by atomic mass is 35.5. The van der Waals surface area contributed by atoms with Crippen LogP contribution in [0.3, 0.4) is 0 Å². The van der Waals surface area contributed by atoms with Crippen LogP contribution < -0.4 is 14.8 Å². The second-order valence-corrected chi connectivity index (χ2v) is 6.07. The first kappa shape index (κ1) is 19.9. The molecule has 26 heavy (non-hydrogen) atoms. The molecule has 0 aliphatic carbocycles. The van der Waals surface area contributed by atoms with E-state index in [1.54, 1.807) is 18.2 Å². The molecule has 0 saturated carbocycles. The Labute approximate surface area is 160 Å². The molecule has 0 bridgehead atoms. The normalized spacial score (nSPS) is 11.4. The number of esters is 1. The van der Waals surface area contributed by atoms with Crippen LogP contribution in [-0.2, 0) is 9.53 Å². The summed E-state index contributed by atoms with van der Waals surface area (Å²) in [6.45, 7) is 1.46. The molecule has 1 amide bonds. The average molecular weight is 398 g/mol. The lowest BCUT2D eigenvalue weighted by molar-refractivity contribution is -0.123. The number of nitrogens with one attached hydrogen (secondary N) is 1. The molecule has 0 spiro atoms. The molecule has 2 rings (SSSR count). The predicted molar refractivity (Wildman–Crippen MR) is 99.5 cm³/mol. The first-order chi connectivity index (χ1) is 12.3. The maximum absolute atomic E-state index is 12.3. The van der Waals surface area contributed by atoms with Crippen LogP contribution in [0.5, 0.6) is 11.5 Å². The Morgan fingerprint density at radius 2 is 1.69 bits per heavy atom. The largest absolute Gasteiger partial charge is 0.493 e. The van der Waals surface area contributed by atoms with Gasteiger partial charge in [0, 0.05) is 16.8 Å². The van der Waals surface area contributed by atoms with Gasteiger partial charge < -0.3 is 19.5 Å². The zero-order chi connectivity index (χ0) is 19.3. The van der Waals surface area contributed by atoms with Gasteiger partial charge in [-0.25, -0.2) is 4.79 Å². The summed E-state index contributed by atoms with van der Waals surface area (Å²) in [5.41, 5.74) is 0.599. The van der Waals surface area contributed by atoms with Gasteiger partial charge in [-0.1, -0.05) is 23.2 Å². The molecule has 2 aromatic carbocycles. The number of carbonyl (C=O) groups is 2. The van der Waals surface area contributed by atoms with Crippen molar-refractivity contribution in [2.75, 3.05) is 19.5 Å². The minimum atomic E-state index is -1.04. The molecule has 0 heterocycles. The monoisotopic (exact) mass is 397 g/mol. The fraction of sp³-hybridized carbons (Fsp3) is 0.222. The van der Waals surface area contributed by atoms with E-state index in [9.17, 15) is 9.59 Å². The number of carbonyl (C=O) groups excluding carboxylic acids is 2. The Bertz CT molecular complexity index is 825. The highest BCUT2D eigenvalue weighted by Crippen LogP contribution is 2.30. The second-order valence-electron chi connectivity index (χ2n) is 5.23. The Morgan fingerprint density at radius 1 is 1.00 bits per heavy atom. The number of amides is 1. The van der Waals surface area contributed by atoms with Crippen molar-refractivity contribution in [3.63, 3.8) is 0 Å². The van der Waals surface area contributed by atoms with Gasteiger partial charge in [0.1, 0.15) is 0 Å². The van der Waals surface area contributed by atoms with Crippen LogP contribution in [-0.4, -0.2) is 32.2 Å². The molecule has 1 N–H and O–H groups in total. The van der Waals surface area contributed by atoms with Crippen LogP contribution in [0.2, 0.25) is 10.0 Å². The molecular formula is C18H17Cl2NO5. The van der Waals surface area contributed by atoms with Gasteiger partial charge in [-0.3, -0.25) is 4.79 Å². The standard InChI is InChI=1S/C18H17Cl2NO5/c1-10(26-18(23)13-6-4-11(19)8-14(13)20)17(22)21-12-5-7-15(24-2)16(9-12)25-3/h4-10H,1-3H3,(H,21,22)/t10-/m1/s1. The third-order valence-corrected chi connectivity index (χ3v) is 4.00. The molecule has 0 fully saturated rings. The lowest BCUT2D eigenvalue weighted by Crippen LogP contribution is -2.30. The maximum atomic E-state index is 12.3. The molecule has 2 aromatic rings. The van der Waals surface area contributed by atoms with Gasteiger partial charge in [-0.15, -0.1) is 0 Å². The molecule has 1 atom stereocenters. The van der Waals surface area contributed by atoms with Gasteiger partial charge in [-0.05, 0) is 37.3 Å². The summed E-state index contributed by atoms with van der Waals surface area (Å²) in [4.78, 5) is 24.4. The van der Waals surface area contributed by atoms with Crippen LogP contribution in [0.4, 0.5) is 5.69 Å². The third kappa shape index (κ3) is 4.80. The van der Waals surface area contributed by atoms with Gasteiger partial charge in [0.15, 0.2) is 17.6 Å². The number of methoxy groups -OCH3 is 2. The quantitative estimate of drug-likeness (QED) is 0.739. The number of hydrogen-bond donors (Lipinski definition) is 1. The molecule has 8 heteroatoms. The van der Waals surface area contributed by atoms with E-state index in [1.165, 1.54) is 39.3 Å². The molecule has 6 nitrogen and oxygen atoms in total. The van der Waals surface area contributed by atoms with Crippen molar-refractivity contribution in [3.05, 3.63) is 52.0 Å². The number of rotatable bonds is 6. The lowest BCUT2D eigenvalue weighted by Gasteiger charge is -2.15. The van der Waals surface area contributed by atoms with Gasteiger partial charge in [-0.2, -0.15) is 0 Å². The van der Waals surface area contributed by atoms with Crippen LogP contribution in [0.15, 0.2) is 36.4 Å². The molecule has 0 aromatic heterocycles. The summed E-state index contributed by atoms with van der Waals surface area (Å²) >= 11 is 11.8. The smallest absolute Gasteiger partial charge is 0.340 e. The number of benzene rings is 2. The van der Waals surface area contributed by atoms with Crippen LogP contribution in [0.25, 0.3) is 0 Å². The summed E-state index contributed by atoms with van der Waals surface area (Å²) in [5, 5.41) is 3.18. The number of anilines is 1. The molecule has 0 unspecified atom stereocenters. The van der Waals surface area contributed by atoms with Crippen molar-refractivity contribution in [1.29, 1.82) is 0 Å². The summed E-state index contributed by atoms with van der Waals surface area (Å²) in [7, 11) is 3.00. The summed E-state index contributed by atoms with van der Waals surface area (Å²) in [5.74, 6) is -0.234. The van der Waals surface area contributed by atoms with Gasteiger partial charge in [0.05, 0.1) is 24.8 Å². The summed E-state index contributed by atoms with van der Waals surface area (Å²) in [6, 6.07) is 9.27. The van der Waals surface area contributed by atoms with E-state index >= 15 is 0 Å². The first-order valence-electron chi connectivity index (χ1n) is 7.54. The first-order valence-corrected chi connectivity index (χ1v) is 8.30. The van der Waals surface area contributed by atoms with Crippen molar-refractivity contribution in [2.45, 2.75) is 13.0 Å². The summed E-state index contributed by atoms with van der Waals surface area (Å²) < 4.78 is 15.5. The minimum absolute atomic E-state index is 0.127. The van der Waals surface area contributed by atoms with Crippen molar-refractivity contribution in [2.24, 2.45) is 0 Å². The molecule has 0 saturated heterocycles. The number of halogens is 2. The SMILES string of the molecule is COc1ccc(NC(=O)[C@@H](C)OC(=O)c2ccc(Cl)cc2Cl)cc1OC. The Kier molecular flexibility index (Phi) is 6.71. The fourth-order valence-corrected chi connectivity index (χ4v) is 2.58. The molecule has 0 radical (unpaired) electrons. The predicted octanol–water partition coefficient (Wildman–Crippen LogP) is 4.19. The molecule has 0 aliphatic rings. The minimum Gasteiger partial charge on any atom is -0.493 e. The van der Waals surface area contributed by atoms with Crippen LogP contribution in [0.1, 0.15) is 17.3 Å². The van der Waals surface area contributed by atoms with Crippen LogP contribution >= 0.6 is 23.2 Å². The van der Waals surface area contributed by atoms with Crippen LogP contribution in [0, 0.1) is 0 Å². The highest BCUT2D eigenvalue weighted by molar-refractivity contribution is 6.36. The maximum Gasteiger partial charge on any atom is 0.340 e. The van der Waals surface area contributed by atoms with E-state index in [2.05, 4.69) is 5.32 Å². The molecule has 138 valence electrons. The Morgan fingerprint density at radius 3 is 2.31 bits per heavy atom. The van der Waals surface area contributed by atoms with Crippen molar-refractivity contribution in [3.8, 4) is 11.5 Å². The third-order valence-electron chi connectivity index (χ3n) is 3.46. The zero-order valence-corrected chi connectivity index (χ0v) is 15.9. The molecule has 0 aliphatic heterocycles. The van der Waals surface area contributed by atoms with Gasteiger partial charge in [0.2, 0.25) is 0 Å². The van der Waals surface area contributed by atoms with Crippen molar-refractivity contribution < 1.29 is 23.8 Å². The number of hydrogen-bond acceptors (Lipinski definition) is 5. The highest BCUT2D eigenvalue weighted by Gasteiger charge is 2.21. The Hall–Kier alpha value is -2.44. The van der Waals surface area contributed by atoms with E-state index in [1.807, 2.05) is 0 Å². The summed E-state index contributed by atoms with van der Waals surface area (Å²) in [6.07, 6.45) is -1.04. The number of ether oxygens (including phenoxy) is 3. The van der Waals surface area contributed by atoms with E-state index in [0.717, 1.165) is 0 Å². The molecular weight excluding hydrogens is 381 g/mol. The van der Waals surface area contributed by atoms with E-state index in [4.69, 9.17) is 37.4 Å². The zero-order valence-electron chi connectivity index (χ0n) is 14.3. The van der Waals surface area contributed by atoms with E-state index < -0.39 is 18.0 Å². The second kappa shape index (κ2) is 8.78. The van der Waals surface area contributed by atoms with Gasteiger partial charge in [0.25, 0.3) is 5.91 Å².